The number of likely N-dealkylation sites (tertiary alicyclic amines) is 1. The zero-order chi connectivity index (χ0) is 14.8. The summed E-state index contributed by atoms with van der Waals surface area (Å²) in [5.74, 6) is -0.559. The number of aromatic nitrogens is 3. The minimum Gasteiger partial charge on any atom is -0.481 e. The molecule has 2 fully saturated rings. The van der Waals surface area contributed by atoms with Crippen LogP contribution in [0.2, 0.25) is 0 Å². The molecule has 1 saturated carbocycles. The molecule has 1 aromatic heterocycles. The van der Waals surface area contributed by atoms with Crippen molar-refractivity contribution in [3.05, 3.63) is 6.33 Å². The second-order valence-electron chi connectivity index (χ2n) is 5.52. The number of hydrogen-bond donors (Lipinski definition) is 1. The van der Waals surface area contributed by atoms with Crippen molar-refractivity contribution in [2.24, 2.45) is 0 Å². The minimum atomic E-state index is -0.846. The Morgan fingerprint density at radius 1 is 1.38 bits per heavy atom. The molecule has 114 valence electrons. The van der Waals surface area contributed by atoms with E-state index in [1.807, 2.05) is 4.57 Å². The monoisotopic (exact) mass is 310 g/mol. The van der Waals surface area contributed by atoms with Gasteiger partial charge in [0.15, 0.2) is 5.16 Å². The van der Waals surface area contributed by atoms with Crippen LogP contribution in [0.5, 0.6) is 0 Å². The summed E-state index contributed by atoms with van der Waals surface area (Å²) in [6.07, 6.45) is 5.70. The Morgan fingerprint density at radius 3 is 2.90 bits per heavy atom. The third-order valence-corrected chi connectivity index (χ3v) is 4.85. The number of carbonyl (C=O) groups excluding carboxylic acids is 1. The Labute approximate surface area is 126 Å². The van der Waals surface area contributed by atoms with E-state index < -0.39 is 5.97 Å². The lowest BCUT2D eigenvalue weighted by Gasteiger charge is -2.23. The Morgan fingerprint density at radius 2 is 2.19 bits per heavy atom. The molecular weight excluding hydrogens is 292 g/mol. The fraction of sp³-hybridized carbons (Fsp3) is 0.692. The molecule has 3 rings (SSSR count). The van der Waals surface area contributed by atoms with E-state index in [9.17, 15) is 9.59 Å². The number of rotatable bonds is 6. The number of amides is 1. The summed E-state index contributed by atoms with van der Waals surface area (Å²) in [7, 11) is 0. The average Bonchev–Trinajstić information content (AvgIpc) is 3.00. The van der Waals surface area contributed by atoms with Crippen molar-refractivity contribution in [2.75, 3.05) is 12.3 Å². The number of hydrogen-bond acceptors (Lipinski definition) is 5. The summed E-state index contributed by atoms with van der Waals surface area (Å²) in [6, 6.07) is 0.334. The molecule has 1 amide bonds. The molecule has 0 radical (unpaired) electrons. The maximum Gasteiger partial charge on any atom is 0.305 e. The van der Waals surface area contributed by atoms with E-state index >= 15 is 0 Å². The van der Waals surface area contributed by atoms with Crippen LogP contribution in [0.25, 0.3) is 0 Å². The third-order valence-electron chi connectivity index (χ3n) is 3.91. The van der Waals surface area contributed by atoms with Crippen LogP contribution in [0, 0.1) is 0 Å². The van der Waals surface area contributed by atoms with E-state index in [4.69, 9.17) is 5.11 Å². The molecule has 2 heterocycles. The molecule has 0 bridgehead atoms. The quantitative estimate of drug-likeness (QED) is 0.794. The Hall–Kier alpha value is -1.57. The molecule has 0 spiro atoms. The van der Waals surface area contributed by atoms with Gasteiger partial charge in [-0.3, -0.25) is 9.59 Å². The highest BCUT2D eigenvalue weighted by molar-refractivity contribution is 7.99. The van der Waals surface area contributed by atoms with Gasteiger partial charge in [0.2, 0.25) is 5.91 Å². The van der Waals surface area contributed by atoms with Crippen LogP contribution in [0.15, 0.2) is 11.5 Å². The van der Waals surface area contributed by atoms with Crippen molar-refractivity contribution >= 4 is 23.6 Å². The lowest BCUT2D eigenvalue weighted by atomic mass is 10.1. The van der Waals surface area contributed by atoms with Gasteiger partial charge in [-0.15, -0.1) is 10.2 Å². The zero-order valence-electron chi connectivity index (χ0n) is 11.6. The fourth-order valence-corrected chi connectivity index (χ4v) is 3.59. The van der Waals surface area contributed by atoms with E-state index in [1.54, 1.807) is 11.2 Å². The number of carbonyl (C=O) groups is 2. The number of nitrogens with zero attached hydrogens (tertiary/aromatic N) is 4. The van der Waals surface area contributed by atoms with Crippen LogP contribution in [-0.2, 0) is 9.59 Å². The van der Waals surface area contributed by atoms with Crippen LogP contribution in [0.4, 0.5) is 0 Å². The van der Waals surface area contributed by atoms with Gasteiger partial charge < -0.3 is 14.6 Å². The maximum absolute atomic E-state index is 12.3. The second kappa shape index (κ2) is 6.05. The first kappa shape index (κ1) is 14.4. The topological polar surface area (TPSA) is 88.3 Å². The standard InChI is InChI=1S/C13H18N4O3S/c18-11(16-5-1-2-10(16)6-12(19)20)7-21-13-15-14-8-17(13)9-3-4-9/h8-10H,1-7H2,(H,19,20). The number of aliphatic carboxylic acids is 1. The van der Waals surface area contributed by atoms with Crippen LogP contribution in [0.1, 0.15) is 38.1 Å². The van der Waals surface area contributed by atoms with Crippen molar-refractivity contribution in [2.45, 2.75) is 49.3 Å². The van der Waals surface area contributed by atoms with Crippen LogP contribution < -0.4 is 0 Å². The molecule has 2 aliphatic rings. The molecule has 1 N–H and O–H groups in total. The zero-order valence-corrected chi connectivity index (χ0v) is 12.5. The minimum absolute atomic E-state index is 0.00547. The summed E-state index contributed by atoms with van der Waals surface area (Å²) in [6.45, 7) is 0.659. The predicted molar refractivity (Wildman–Crippen MR) is 76.0 cm³/mol. The summed E-state index contributed by atoms with van der Waals surface area (Å²) < 4.78 is 2.02. The molecule has 1 aliphatic heterocycles. The largest absolute Gasteiger partial charge is 0.481 e. The first-order valence-electron chi connectivity index (χ1n) is 7.18. The first-order chi connectivity index (χ1) is 10.1. The number of thioether (sulfide) groups is 1. The van der Waals surface area contributed by atoms with Crippen molar-refractivity contribution in [1.82, 2.24) is 19.7 Å². The van der Waals surface area contributed by atoms with Gasteiger partial charge in [-0.05, 0) is 25.7 Å². The van der Waals surface area contributed by atoms with Crippen molar-refractivity contribution < 1.29 is 14.7 Å². The summed E-state index contributed by atoms with van der Waals surface area (Å²) >= 11 is 1.39. The second-order valence-corrected chi connectivity index (χ2v) is 6.46. The highest BCUT2D eigenvalue weighted by atomic mass is 32.2. The van der Waals surface area contributed by atoms with Gasteiger partial charge >= 0.3 is 5.97 Å². The van der Waals surface area contributed by atoms with Crippen LogP contribution in [0.3, 0.4) is 0 Å². The lowest BCUT2D eigenvalue weighted by molar-refractivity contribution is -0.139. The molecule has 8 heteroatoms. The molecule has 0 aromatic carbocycles. The van der Waals surface area contributed by atoms with E-state index in [0.29, 0.717) is 18.3 Å². The summed E-state index contributed by atoms with van der Waals surface area (Å²) in [5.41, 5.74) is 0. The van der Waals surface area contributed by atoms with E-state index in [2.05, 4.69) is 10.2 Å². The van der Waals surface area contributed by atoms with Gasteiger partial charge in [0.1, 0.15) is 6.33 Å². The summed E-state index contributed by atoms with van der Waals surface area (Å²) in [5, 5.41) is 17.6. The SMILES string of the molecule is O=C(O)CC1CCCN1C(=O)CSc1nncn1C1CC1. The smallest absolute Gasteiger partial charge is 0.305 e. The van der Waals surface area contributed by atoms with E-state index in [0.717, 1.165) is 30.8 Å². The Bertz CT molecular complexity index is 543. The molecule has 1 atom stereocenters. The van der Waals surface area contributed by atoms with E-state index in [-0.39, 0.29) is 18.4 Å². The maximum atomic E-state index is 12.3. The van der Waals surface area contributed by atoms with E-state index in [1.165, 1.54) is 11.8 Å². The molecule has 1 aliphatic carbocycles. The first-order valence-corrected chi connectivity index (χ1v) is 8.17. The van der Waals surface area contributed by atoms with Gasteiger partial charge in [-0.2, -0.15) is 0 Å². The molecule has 1 unspecified atom stereocenters. The molecule has 1 saturated heterocycles. The summed E-state index contributed by atoms with van der Waals surface area (Å²) in [4.78, 5) is 24.8. The molecule has 21 heavy (non-hydrogen) atoms. The Kier molecular flexibility index (Phi) is 4.14. The highest BCUT2D eigenvalue weighted by Gasteiger charge is 2.31. The third kappa shape index (κ3) is 3.37. The fourth-order valence-electron chi connectivity index (χ4n) is 2.73. The lowest BCUT2D eigenvalue weighted by Crippen LogP contribution is -2.38. The highest BCUT2D eigenvalue weighted by Crippen LogP contribution is 2.37. The average molecular weight is 310 g/mol. The normalized spacial score (nSPS) is 21.7. The predicted octanol–water partition coefficient (Wildman–Crippen LogP) is 1.17. The van der Waals surface area contributed by atoms with Gasteiger partial charge in [0.25, 0.3) is 0 Å². The van der Waals surface area contributed by atoms with Gasteiger partial charge in [0, 0.05) is 18.6 Å². The Balaban J connectivity index is 1.55. The van der Waals surface area contributed by atoms with Crippen LogP contribution >= 0.6 is 11.8 Å². The molecule has 7 nitrogen and oxygen atoms in total. The molecular formula is C13H18N4O3S. The van der Waals surface area contributed by atoms with Crippen molar-refractivity contribution in [3.63, 3.8) is 0 Å². The number of carboxylic acid groups (broad SMARTS) is 1. The molecule has 1 aromatic rings. The van der Waals surface area contributed by atoms with Crippen LogP contribution in [-0.4, -0.2) is 55.0 Å². The van der Waals surface area contributed by atoms with Gasteiger partial charge in [-0.25, -0.2) is 0 Å². The van der Waals surface area contributed by atoms with Gasteiger partial charge in [0.05, 0.1) is 12.2 Å². The number of carboxylic acids is 1. The van der Waals surface area contributed by atoms with Crippen molar-refractivity contribution in [1.29, 1.82) is 0 Å². The van der Waals surface area contributed by atoms with Gasteiger partial charge in [-0.1, -0.05) is 11.8 Å². The van der Waals surface area contributed by atoms with Crippen molar-refractivity contribution in [3.8, 4) is 0 Å².